The first kappa shape index (κ1) is 14.2. The van der Waals surface area contributed by atoms with Crippen LogP contribution < -0.4 is 0 Å². The predicted octanol–water partition coefficient (Wildman–Crippen LogP) is 4.44. The molecule has 0 aliphatic carbocycles. The zero-order valence-corrected chi connectivity index (χ0v) is 13.2. The third kappa shape index (κ3) is 2.99. The van der Waals surface area contributed by atoms with Gasteiger partial charge in [0.15, 0.2) is 0 Å². The van der Waals surface area contributed by atoms with Gasteiger partial charge < -0.3 is 5.11 Å². The molecule has 0 aliphatic rings. The van der Waals surface area contributed by atoms with E-state index in [0.717, 1.165) is 28.6 Å². The van der Waals surface area contributed by atoms with Gasteiger partial charge in [-0.05, 0) is 43.2 Å². The first-order valence-corrected chi connectivity index (χ1v) is 8.11. The van der Waals surface area contributed by atoms with Gasteiger partial charge in [-0.15, -0.1) is 11.3 Å². The van der Waals surface area contributed by atoms with Crippen molar-refractivity contribution in [2.45, 2.75) is 32.8 Å². The molecule has 2 nitrogen and oxygen atoms in total. The molecule has 2 heterocycles. The lowest BCUT2D eigenvalue weighted by atomic mass is 10.1. The van der Waals surface area contributed by atoms with E-state index in [0.29, 0.717) is 6.42 Å². The van der Waals surface area contributed by atoms with Gasteiger partial charge >= 0.3 is 0 Å². The van der Waals surface area contributed by atoms with Crippen LogP contribution in [-0.4, -0.2) is 10.1 Å². The molecule has 3 aromatic rings. The van der Waals surface area contributed by atoms with Gasteiger partial charge in [0.05, 0.1) is 11.2 Å². The van der Waals surface area contributed by atoms with E-state index >= 15 is 0 Å². The molecule has 1 N–H and O–H groups in total. The molecule has 0 bridgehead atoms. The second kappa shape index (κ2) is 5.96. The molecule has 1 unspecified atom stereocenters. The van der Waals surface area contributed by atoms with E-state index in [-0.39, 0.29) is 0 Å². The van der Waals surface area contributed by atoms with Crippen molar-refractivity contribution in [3.05, 3.63) is 63.5 Å². The van der Waals surface area contributed by atoms with Crippen molar-refractivity contribution >= 4 is 22.2 Å². The van der Waals surface area contributed by atoms with Crippen molar-refractivity contribution in [3.63, 3.8) is 0 Å². The van der Waals surface area contributed by atoms with Gasteiger partial charge in [0, 0.05) is 21.6 Å². The number of hydrogen-bond donors (Lipinski definition) is 1. The Morgan fingerprint density at radius 3 is 2.67 bits per heavy atom. The Kier molecular flexibility index (Phi) is 4.04. The predicted molar refractivity (Wildman–Crippen MR) is 88.8 cm³/mol. The van der Waals surface area contributed by atoms with Crippen LogP contribution in [0.2, 0.25) is 0 Å². The molecule has 0 saturated heterocycles. The van der Waals surface area contributed by atoms with E-state index < -0.39 is 6.10 Å². The van der Waals surface area contributed by atoms with Gasteiger partial charge in [-0.25, -0.2) is 0 Å². The number of thiophene rings is 1. The van der Waals surface area contributed by atoms with Crippen LogP contribution in [0.1, 0.15) is 34.0 Å². The molecule has 1 atom stereocenters. The fourth-order valence-electron chi connectivity index (χ4n) is 2.56. The minimum atomic E-state index is -0.545. The van der Waals surface area contributed by atoms with Crippen molar-refractivity contribution in [1.82, 2.24) is 4.98 Å². The van der Waals surface area contributed by atoms with Crippen LogP contribution in [0.5, 0.6) is 0 Å². The fraction of sp³-hybridized carbons (Fsp3) is 0.278. The Bertz CT molecular complexity index is 763. The first-order valence-electron chi connectivity index (χ1n) is 7.29. The van der Waals surface area contributed by atoms with Gasteiger partial charge in [0.2, 0.25) is 0 Å². The van der Waals surface area contributed by atoms with E-state index in [1.807, 2.05) is 24.3 Å². The van der Waals surface area contributed by atoms with Crippen LogP contribution in [0.4, 0.5) is 0 Å². The first-order chi connectivity index (χ1) is 10.2. The second-order valence-corrected chi connectivity index (χ2v) is 6.58. The van der Waals surface area contributed by atoms with Crippen LogP contribution >= 0.6 is 11.3 Å². The summed E-state index contributed by atoms with van der Waals surface area (Å²) >= 11 is 1.78. The van der Waals surface area contributed by atoms with Crippen LogP contribution in [0.25, 0.3) is 10.9 Å². The lowest BCUT2D eigenvalue weighted by Gasteiger charge is -2.11. The Balaban J connectivity index is 1.88. The van der Waals surface area contributed by atoms with Crippen molar-refractivity contribution in [3.8, 4) is 0 Å². The van der Waals surface area contributed by atoms with Crippen LogP contribution in [0.3, 0.4) is 0 Å². The molecule has 0 amide bonds. The summed E-state index contributed by atoms with van der Waals surface area (Å²) in [7, 11) is 0. The SMILES string of the molecule is CCc1ccc(CC(O)c2cc(C)c3ccccc3n2)s1. The maximum Gasteiger partial charge on any atom is 0.101 e. The van der Waals surface area contributed by atoms with Gasteiger partial charge in [-0.1, -0.05) is 25.1 Å². The number of para-hydroxylation sites is 1. The fourth-order valence-corrected chi connectivity index (χ4v) is 3.56. The van der Waals surface area contributed by atoms with Crippen molar-refractivity contribution < 1.29 is 5.11 Å². The van der Waals surface area contributed by atoms with E-state index in [1.54, 1.807) is 11.3 Å². The molecule has 1 aromatic carbocycles. The molecule has 3 heteroatoms. The number of fused-ring (bicyclic) bond motifs is 1. The zero-order chi connectivity index (χ0) is 14.8. The Morgan fingerprint density at radius 2 is 1.90 bits per heavy atom. The number of aromatic nitrogens is 1. The quantitative estimate of drug-likeness (QED) is 0.772. The van der Waals surface area contributed by atoms with Crippen LogP contribution in [0, 0.1) is 6.92 Å². The summed E-state index contributed by atoms with van der Waals surface area (Å²) in [4.78, 5) is 7.19. The molecule has 2 aromatic heterocycles. The number of pyridine rings is 1. The van der Waals surface area contributed by atoms with Crippen molar-refractivity contribution in [1.29, 1.82) is 0 Å². The van der Waals surface area contributed by atoms with E-state index in [4.69, 9.17) is 0 Å². The van der Waals surface area contributed by atoms with Gasteiger partial charge in [0.1, 0.15) is 6.10 Å². The highest BCUT2D eigenvalue weighted by molar-refractivity contribution is 7.11. The standard InChI is InChI=1S/C18H19NOS/c1-3-13-8-9-14(21-13)11-18(20)17-10-12(2)15-6-4-5-7-16(15)19-17/h4-10,18,20H,3,11H2,1-2H3. The normalized spacial score (nSPS) is 12.7. The maximum absolute atomic E-state index is 10.5. The monoisotopic (exact) mass is 297 g/mol. The minimum absolute atomic E-state index is 0.545. The summed E-state index contributed by atoms with van der Waals surface area (Å²) in [6, 6.07) is 14.3. The zero-order valence-electron chi connectivity index (χ0n) is 12.3. The van der Waals surface area contributed by atoms with Gasteiger partial charge in [-0.2, -0.15) is 0 Å². The van der Waals surface area contributed by atoms with Crippen molar-refractivity contribution in [2.75, 3.05) is 0 Å². The Hall–Kier alpha value is -1.71. The van der Waals surface area contributed by atoms with Gasteiger partial charge in [-0.3, -0.25) is 4.98 Å². The highest BCUT2D eigenvalue weighted by Crippen LogP contribution is 2.26. The maximum atomic E-state index is 10.5. The molecular formula is C18H19NOS. The van der Waals surface area contributed by atoms with E-state index in [9.17, 15) is 5.11 Å². The van der Waals surface area contributed by atoms with E-state index in [2.05, 4.69) is 37.0 Å². The summed E-state index contributed by atoms with van der Waals surface area (Å²) in [5, 5.41) is 11.6. The number of rotatable bonds is 4. The highest BCUT2D eigenvalue weighted by Gasteiger charge is 2.13. The second-order valence-electron chi connectivity index (χ2n) is 5.32. The third-order valence-electron chi connectivity index (χ3n) is 3.74. The molecule has 0 saturated carbocycles. The Morgan fingerprint density at radius 1 is 1.14 bits per heavy atom. The largest absolute Gasteiger partial charge is 0.386 e. The smallest absolute Gasteiger partial charge is 0.101 e. The average Bonchev–Trinajstić information content (AvgIpc) is 2.95. The molecule has 0 aliphatic heterocycles. The lowest BCUT2D eigenvalue weighted by molar-refractivity contribution is 0.175. The summed E-state index contributed by atoms with van der Waals surface area (Å²) < 4.78 is 0. The average molecular weight is 297 g/mol. The molecule has 108 valence electrons. The lowest BCUT2D eigenvalue weighted by Crippen LogP contribution is -2.04. The molecule has 0 radical (unpaired) electrons. The summed E-state index contributed by atoms with van der Waals surface area (Å²) in [6.45, 7) is 4.22. The number of aryl methyl sites for hydroxylation is 2. The molecule has 21 heavy (non-hydrogen) atoms. The van der Waals surface area contributed by atoms with Gasteiger partial charge in [0.25, 0.3) is 0 Å². The molecule has 0 fully saturated rings. The number of benzene rings is 1. The van der Waals surface area contributed by atoms with Crippen LogP contribution in [-0.2, 0) is 12.8 Å². The number of hydrogen-bond acceptors (Lipinski definition) is 3. The summed E-state index contributed by atoms with van der Waals surface area (Å²) in [5.74, 6) is 0. The summed E-state index contributed by atoms with van der Waals surface area (Å²) in [6.07, 6.45) is 1.14. The third-order valence-corrected chi connectivity index (χ3v) is 5.00. The number of nitrogens with zero attached hydrogens (tertiary/aromatic N) is 1. The minimum Gasteiger partial charge on any atom is -0.386 e. The number of aliphatic hydroxyl groups excluding tert-OH is 1. The highest BCUT2D eigenvalue weighted by atomic mass is 32.1. The van der Waals surface area contributed by atoms with E-state index in [1.165, 1.54) is 9.75 Å². The molecular weight excluding hydrogens is 278 g/mol. The topological polar surface area (TPSA) is 33.1 Å². The number of aliphatic hydroxyl groups is 1. The molecule has 3 rings (SSSR count). The molecule has 0 spiro atoms. The van der Waals surface area contributed by atoms with Crippen molar-refractivity contribution in [2.24, 2.45) is 0 Å². The summed E-state index contributed by atoms with van der Waals surface area (Å²) in [5.41, 5.74) is 2.87. The van der Waals surface area contributed by atoms with Crippen LogP contribution in [0.15, 0.2) is 42.5 Å². The Labute approximate surface area is 129 Å².